The van der Waals surface area contributed by atoms with Crippen molar-refractivity contribution in [2.45, 2.75) is 18.1 Å². The molecule has 0 amide bonds. The summed E-state index contributed by atoms with van der Waals surface area (Å²) in [4.78, 5) is 9.17. The van der Waals surface area contributed by atoms with E-state index in [2.05, 4.69) is 33.0 Å². The largest absolute Gasteiger partial charge is 0.496 e. The summed E-state index contributed by atoms with van der Waals surface area (Å²) in [6.45, 7) is 5.10. The Bertz CT molecular complexity index is 877. The lowest BCUT2D eigenvalue weighted by molar-refractivity contribution is 0.408. The molecule has 25 heavy (non-hydrogen) atoms. The molecule has 130 valence electrons. The predicted molar refractivity (Wildman–Crippen MR) is 102 cm³/mol. The smallest absolute Gasteiger partial charge is 0.191 e. The number of methoxy groups -OCH3 is 1. The first-order valence-electron chi connectivity index (χ1n) is 8.01. The number of thioether (sulfide) groups is 1. The standard InChI is InChI=1S/C18H21N5OS/c1-4-10-19-16-14-12-20-23(17(14)22-18(21-16)25-3)11-9-13-7-5-6-8-15(13)24-2/h4-8,12H,1,9-11H2,2-3H3,(H,19,21,22). The van der Waals surface area contributed by atoms with Crippen LogP contribution in [0.4, 0.5) is 5.82 Å². The zero-order valence-electron chi connectivity index (χ0n) is 14.4. The summed E-state index contributed by atoms with van der Waals surface area (Å²) >= 11 is 1.51. The summed E-state index contributed by atoms with van der Waals surface area (Å²) in [5, 5.41) is 9.41. The van der Waals surface area contributed by atoms with Crippen molar-refractivity contribution in [1.29, 1.82) is 0 Å². The van der Waals surface area contributed by atoms with Crippen molar-refractivity contribution in [1.82, 2.24) is 19.7 Å². The summed E-state index contributed by atoms with van der Waals surface area (Å²) in [6, 6.07) is 8.04. The van der Waals surface area contributed by atoms with Crippen LogP contribution in [-0.4, -0.2) is 39.7 Å². The Morgan fingerprint density at radius 1 is 1.32 bits per heavy atom. The van der Waals surface area contributed by atoms with Gasteiger partial charge in [0.05, 0.1) is 18.7 Å². The highest BCUT2D eigenvalue weighted by Crippen LogP contribution is 2.24. The molecule has 0 fully saturated rings. The van der Waals surface area contributed by atoms with Gasteiger partial charge in [-0.25, -0.2) is 14.6 Å². The van der Waals surface area contributed by atoms with Gasteiger partial charge >= 0.3 is 0 Å². The highest BCUT2D eigenvalue weighted by atomic mass is 32.2. The highest BCUT2D eigenvalue weighted by Gasteiger charge is 2.13. The minimum atomic E-state index is 0.645. The van der Waals surface area contributed by atoms with Crippen LogP contribution >= 0.6 is 11.8 Å². The fourth-order valence-corrected chi connectivity index (χ4v) is 2.99. The molecule has 3 aromatic rings. The van der Waals surface area contributed by atoms with Gasteiger partial charge in [-0.2, -0.15) is 5.10 Å². The third-order valence-corrected chi connectivity index (χ3v) is 4.41. The predicted octanol–water partition coefficient (Wildman–Crippen LogP) is 3.40. The quantitative estimate of drug-likeness (QED) is 0.380. The van der Waals surface area contributed by atoms with Crippen molar-refractivity contribution in [2.24, 2.45) is 0 Å². The molecule has 0 aliphatic carbocycles. The molecule has 0 radical (unpaired) electrons. The second-order valence-electron chi connectivity index (χ2n) is 5.40. The van der Waals surface area contributed by atoms with Crippen LogP contribution in [0, 0.1) is 0 Å². The van der Waals surface area contributed by atoms with Gasteiger partial charge in [0.1, 0.15) is 11.6 Å². The van der Waals surface area contributed by atoms with Crippen LogP contribution in [-0.2, 0) is 13.0 Å². The number of para-hydroxylation sites is 1. The fourth-order valence-electron chi connectivity index (χ4n) is 2.63. The van der Waals surface area contributed by atoms with Crippen molar-refractivity contribution < 1.29 is 4.74 Å². The molecule has 0 aliphatic rings. The lowest BCUT2D eigenvalue weighted by Crippen LogP contribution is -2.07. The van der Waals surface area contributed by atoms with Crippen molar-refractivity contribution in [3.05, 3.63) is 48.7 Å². The number of nitrogens with one attached hydrogen (secondary N) is 1. The molecule has 0 bridgehead atoms. The lowest BCUT2D eigenvalue weighted by Gasteiger charge is -2.09. The van der Waals surface area contributed by atoms with E-state index in [1.807, 2.05) is 35.3 Å². The molecule has 0 saturated carbocycles. The van der Waals surface area contributed by atoms with Gasteiger partial charge in [-0.1, -0.05) is 36.0 Å². The summed E-state index contributed by atoms with van der Waals surface area (Å²) < 4.78 is 7.34. The second-order valence-corrected chi connectivity index (χ2v) is 6.17. The van der Waals surface area contributed by atoms with Crippen molar-refractivity contribution in [3.63, 3.8) is 0 Å². The van der Waals surface area contributed by atoms with Gasteiger partial charge in [0.2, 0.25) is 0 Å². The molecule has 0 aliphatic heterocycles. The minimum Gasteiger partial charge on any atom is -0.496 e. The van der Waals surface area contributed by atoms with E-state index in [1.165, 1.54) is 11.8 Å². The second kappa shape index (κ2) is 8.02. The fraction of sp³-hybridized carbons (Fsp3) is 0.278. The van der Waals surface area contributed by atoms with Gasteiger partial charge in [-0.15, -0.1) is 6.58 Å². The number of aryl methyl sites for hydroxylation is 2. The Kier molecular flexibility index (Phi) is 5.55. The third kappa shape index (κ3) is 3.76. The number of ether oxygens (including phenoxy) is 1. The molecule has 3 rings (SSSR count). The van der Waals surface area contributed by atoms with Gasteiger partial charge in [0, 0.05) is 13.1 Å². The van der Waals surface area contributed by atoms with E-state index in [0.717, 1.165) is 46.3 Å². The van der Waals surface area contributed by atoms with Crippen LogP contribution in [0.15, 0.2) is 48.3 Å². The van der Waals surface area contributed by atoms with E-state index in [0.29, 0.717) is 6.54 Å². The van der Waals surface area contributed by atoms with Crippen LogP contribution < -0.4 is 10.1 Å². The maximum Gasteiger partial charge on any atom is 0.191 e. The number of hydrogen-bond acceptors (Lipinski definition) is 6. The number of benzene rings is 1. The van der Waals surface area contributed by atoms with E-state index in [4.69, 9.17) is 4.74 Å². The summed E-state index contributed by atoms with van der Waals surface area (Å²) in [5.74, 6) is 1.68. The van der Waals surface area contributed by atoms with Gasteiger partial charge in [-0.3, -0.25) is 0 Å². The Balaban J connectivity index is 1.90. The molecule has 0 unspecified atom stereocenters. The number of rotatable bonds is 8. The van der Waals surface area contributed by atoms with E-state index >= 15 is 0 Å². The van der Waals surface area contributed by atoms with E-state index < -0.39 is 0 Å². The van der Waals surface area contributed by atoms with Gasteiger partial charge in [0.25, 0.3) is 0 Å². The summed E-state index contributed by atoms with van der Waals surface area (Å²) in [7, 11) is 1.69. The molecule has 2 aromatic heterocycles. The van der Waals surface area contributed by atoms with E-state index in [-0.39, 0.29) is 0 Å². The SMILES string of the molecule is C=CCNc1nc(SC)nc2c1cnn2CCc1ccccc1OC. The molecule has 7 heteroatoms. The minimum absolute atomic E-state index is 0.645. The van der Waals surface area contributed by atoms with Crippen molar-refractivity contribution in [3.8, 4) is 5.75 Å². The number of hydrogen-bond donors (Lipinski definition) is 1. The summed E-state index contributed by atoms with van der Waals surface area (Å²) in [6.07, 6.45) is 6.40. The van der Waals surface area contributed by atoms with E-state index in [9.17, 15) is 0 Å². The van der Waals surface area contributed by atoms with Crippen LogP contribution in [0.2, 0.25) is 0 Å². The number of anilines is 1. The monoisotopic (exact) mass is 355 g/mol. The van der Waals surface area contributed by atoms with Crippen LogP contribution in [0.5, 0.6) is 5.75 Å². The number of nitrogens with zero attached hydrogens (tertiary/aromatic N) is 4. The van der Waals surface area contributed by atoms with Crippen molar-refractivity contribution in [2.75, 3.05) is 25.2 Å². The topological polar surface area (TPSA) is 64.9 Å². The van der Waals surface area contributed by atoms with Gasteiger partial charge in [0.15, 0.2) is 10.8 Å². The Labute approximate surface area is 151 Å². The third-order valence-electron chi connectivity index (χ3n) is 3.86. The molecule has 1 aromatic carbocycles. The normalized spacial score (nSPS) is 10.8. The number of aromatic nitrogens is 4. The zero-order valence-corrected chi connectivity index (χ0v) is 15.2. The molecule has 0 atom stereocenters. The first kappa shape index (κ1) is 17.3. The maximum atomic E-state index is 5.42. The lowest BCUT2D eigenvalue weighted by atomic mass is 10.1. The molecular weight excluding hydrogens is 334 g/mol. The summed E-state index contributed by atoms with van der Waals surface area (Å²) in [5.41, 5.74) is 1.98. The number of fused-ring (bicyclic) bond motifs is 1. The van der Waals surface area contributed by atoms with E-state index in [1.54, 1.807) is 13.2 Å². The first-order valence-corrected chi connectivity index (χ1v) is 9.23. The van der Waals surface area contributed by atoms with Gasteiger partial charge in [-0.05, 0) is 24.3 Å². The molecule has 1 N–H and O–H groups in total. The Hall–Kier alpha value is -2.54. The average Bonchev–Trinajstić information content (AvgIpc) is 3.07. The zero-order chi connectivity index (χ0) is 17.6. The molecule has 0 spiro atoms. The first-order chi connectivity index (χ1) is 12.3. The Morgan fingerprint density at radius 2 is 2.16 bits per heavy atom. The van der Waals surface area contributed by atoms with Crippen LogP contribution in [0.25, 0.3) is 11.0 Å². The van der Waals surface area contributed by atoms with Gasteiger partial charge < -0.3 is 10.1 Å². The maximum absolute atomic E-state index is 5.42. The average molecular weight is 355 g/mol. The van der Waals surface area contributed by atoms with Crippen molar-refractivity contribution >= 4 is 28.6 Å². The highest BCUT2D eigenvalue weighted by molar-refractivity contribution is 7.98. The molecule has 0 saturated heterocycles. The molecule has 2 heterocycles. The van der Waals surface area contributed by atoms with Crippen LogP contribution in [0.1, 0.15) is 5.56 Å². The molecular formula is C18H21N5OS. The molecule has 6 nitrogen and oxygen atoms in total. The Morgan fingerprint density at radius 3 is 2.92 bits per heavy atom. The van der Waals surface area contributed by atoms with Crippen LogP contribution in [0.3, 0.4) is 0 Å².